The van der Waals surface area contributed by atoms with Gasteiger partial charge in [-0.05, 0) is 36.8 Å². The molecule has 0 spiro atoms. The van der Waals surface area contributed by atoms with Crippen LogP contribution in [0.25, 0.3) is 0 Å². The van der Waals surface area contributed by atoms with Gasteiger partial charge < -0.3 is 20.9 Å². The zero-order valence-corrected chi connectivity index (χ0v) is 11.3. The molecule has 0 aliphatic heterocycles. The second-order valence-corrected chi connectivity index (χ2v) is 4.33. The van der Waals surface area contributed by atoms with Crippen molar-refractivity contribution in [2.24, 2.45) is 0 Å². The number of rotatable bonds is 3. The first-order chi connectivity index (χ1) is 9.54. The molecule has 2 aromatic carbocycles. The first-order valence-electron chi connectivity index (χ1n) is 6.07. The van der Waals surface area contributed by atoms with Crippen molar-refractivity contribution in [3.05, 3.63) is 47.5 Å². The average Bonchev–Trinajstić information content (AvgIpc) is 2.44. The maximum Gasteiger partial charge on any atom is 0.259 e. The highest BCUT2D eigenvalue weighted by molar-refractivity contribution is 6.07. The number of para-hydroxylation sites is 1. The van der Waals surface area contributed by atoms with Crippen LogP contribution in [0.2, 0.25) is 0 Å². The minimum atomic E-state index is -0.421. The predicted octanol–water partition coefficient (Wildman–Crippen LogP) is 2.54. The van der Waals surface area contributed by atoms with E-state index in [0.29, 0.717) is 11.4 Å². The number of carbonyl (C=O) groups excluding carboxylic acids is 1. The molecule has 2 rings (SSSR count). The summed E-state index contributed by atoms with van der Waals surface area (Å²) in [5, 5.41) is 12.7. The Morgan fingerprint density at radius 1 is 1.25 bits per heavy atom. The first-order valence-corrected chi connectivity index (χ1v) is 6.07. The van der Waals surface area contributed by atoms with Gasteiger partial charge in [-0.3, -0.25) is 4.79 Å². The van der Waals surface area contributed by atoms with Crippen molar-refractivity contribution in [1.82, 2.24) is 0 Å². The number of carbonyl (C=O) groups is 1. The Kier molecular flexibility index (Phi) is 3.79. The summed E-state index contributed by atoms with van der Waals surface area (Å²) in [5.41, 5.74) is 7.92. The average molecular weight is 272 g/mol. The van der Waals surface area contributed by atoms with Gasteiger partial charge in [-0.25, -0.2) is 0 Å². The van der Waals surface area contributed by atoms with Gasteiger partial charge in [0.15, 0.2) is 11.5 Å². The summed E-state index contributed by atoms with van der Waals surface area (Å²) in [6, 6.07) is 10.0. The van der Waals surface area contributed by atoms with Crippen molar-refractivity contribution in [2.75, 3.05) is 18.2 Å². The van der Waals surface area contributed by atoms with Gasteiger partial charge in [0, 0.05) is 11.4 Å². The van der Waals surface area contributed by atoms with Crippen LogP contribution in [0.5, 0.6) is 11.5 Å². The summed E-state index contributed by atoms with van der Waals surface area (Å²) >= 11 is 0. The first kappa shape index (κ1) is 13.7. The summed E-state index contributed by atoms with van der Waals surface area (Å²) in [5.74, 6) is -0.355. The molecule has 0 saturated carbocycles. The molecule has 2 aromatic rings. The van der Waals surface area contributed by atoms with E-state index in [-0.39, 0.29) is 17.1 Å². The minimum absolute atomic E-state index is 0.145. The number of amides is 1. The van der Waals surface area contributed by atoms with Gasteiger partial charge in [0.1, 0.15) is 0 Å². The number of nitrogens with one attached hydrogen (secondary N) is 1. The maximum absolute atomic E-state index is 12.2. The fourth-order valence-corrected chi connectivity index (χ4v) is 1.85. The van der Waals surface area contributed by atoms with E-state index >= 15 is 0 Å². The van der Waals surface area contributed by atoms with E-state index in [0.717, 1.165) is 5.56 Å². The number of anilines is 2. The molecule has 4 N–H and O–H groups in total. The van der Waals surface area contributed by atoms with Gasteiger partial charge in [0.2, 0.25) is 0 Å². The topological polar surface area (TPSA) is 84.6 Å². The number of methoxy groups -OCH3 is 1. The third-order valence-electron chi connectivity index (χ3n) is 3.09. The van der Waals surface area contributed by atoms with Crippen LogP contribution in [0, 0.1) is 6.92 Å². The molecular weight excluding hydrogens is 256 g/mol. The van der Waals surface area contributed by atoms with E-state index in [1.54, 1.807) is 30.3 Å². The van der Waals surface area contributed by atoms with Gasteiger partial charge in [-0.1, -0.05) is 12.1 Å². The molecule has 0 saturated heterocycles. The predicted molar refractivity (Wildman–Crippen MR) is 78.2 cm³/mol. The van der Waals surface area contributed by atoms with E-state index in [9.17, 15) is 9.90 Å². The molecule has 0 heterocycles. The minimum Gasteiger partial charge on any atom is -0.504 e. The van der Waals surface area contributed by atoms with Crippen LogP contribution in [0.1, 0.15) is 15.9 Å². The third kappa shape index (κ3) is 2.51. The third-order valence-corrected chi connectivity index (χ3v) is 3.09. The Balaban J connectivity index is 2.31. The van der Waals surface area contributed by atoms with Crippen LogP contribution >= 0.6 is 0 Å². The monoisotopic (exact) mass is 272 g/mol. The van der Waals surface area contributed by atoms with Gasteiger partial charge in [-0.2, -0.15) is 0 Å². The lowest BCUT2D eigenvalue weighted by Gasteiger charge is -2.12. The van der Waals surface area contributed by atoms with Crippen molar-refractivity contribution < 1.29 is 14.6 Å². The van der Waals surface area contributed by atoms with Crippen LogP contribution in [-0.2, 0) is 0 Å². The SMILES string of the molecule is COc1cccc(C(=O)Nc2cccc(N)c2C)c1O. The smallest absolute Gasteiger partial charge is 0.259 e. The largest absolute Gasteiger partial charge is 0.504 e. The molecule has 0 atom stereocenters. The zero-order valence-electron chi connectivity index (χ0n) is 11.3. The number of benzene rings is 2. The normalized spacial score (nSPS) is 10.1. The van der Waals surface area contributed by atoms with Crippen LogP contribution < -0.4 is 15.8 Å². The Morgan fingerprint density at radius 2 is 1.95 bits per heavy atom. The highest BCUT2D eigenvalue weighted by Crippen LogP contribution is 2.30. The van der Waals surface area contributed by atoms with Crippen LogP contribution in [0.4, 0.5) is 11.4 Å². The standard InChI is InChI=1S/C15H16N2O3/c1-9-11(16)6-4-7-12(9)17-15(19)10-5-3-8-13(20-2)14(10)18/h3-8,18H,16H2,1-2H3,(H,17,19). The van der Waals surface area contributed by atoms with Crippen molar-refractivity contribution in [1.29, 1.82) is 0 Å². The molecule has 0 aliphatic rings. The van der Waals surface area contributed by atoms with Gasteiger partial charge in [-0.15, -0.1) is 0 Å². The van der Waals surface area contributed by atoms with E-state index in [1.807, 2.05) is 6.92 Å². The van der Waals surface area contributed by atoms with Gasteiger partial charge >= 0.3 is 0 Å². The highest BCUT2D eigenvalue weighted by atomic mass is 16.5. The molecule has 0 radical (unpaired) electrons. The Morgan fingerprint density at radius 3 is 2.65 bits per heavy atom. The van der Waals surface area contributed by atoms with Crippen molar-refractivity contribution >= 4 is 17.3 Å². The Hall–Kier alpha value is -2.69. The van der Waals surface area contributed by atoms with E-state index in [2.05, 4.69) is 5.32 Å². The Bertz CT molecular complexity index is 654. The fourth-order valence-electron chi connectivity index (χ4n) is 1.85. The molecule has 20 heavy (non-hydrogen) atoms. The van der Waals surface area contributed by atoms with Crippen molar-refractivity contribution in [2.45, 2.75) is 6.92 Å². The molecule has 5 heteroatoms. The second kappa shape index (κ2) is 5.52. The van der Waals surface area contributed by atoms with Crippen LogP contribution in [0.15, 0.2) is 36.4 Å². The maximum atomic E-state index is 12.2. The second-order valence-electron chi connectivity index (χ2n) is 4.33. The van der Waals surface area contributed by atoms with Crippen LogP contribution in [-0.4, -0.2) is 18.1 Å². The number of hydrogen-bond donors (Lipinski definition) is 3. The number of aromatic hydroxyl groups is 1. The molecule has 1 amide bonds. The van der Waals surface area contributed by atoms with E-state index in [4.69, 9.17) is 10.5 Å². The molecule has 0 aliphatic carbocycles. The number of nitrogen functional groups attached to an aromatic ring is 1. The van der Waals surface area contributed by atoms with Gasteiger partial charge in [0.25, 0.3) is 5.91 Å². The summed E-state index contributed by atoms with van der Waals surface area (Å²) in [4.78, 5) is 12.2. The molecule has 5 nitrogen and oxygen atoms in total. The molecule has 0 bridgehead atoms. The summed E-state index contributed by atoms with van der Waals surface area (Å²) in [6.07, 6.45) is 0. The van der Waals surface area contributed by atoms with E-state index < -0.39 is 5.91 Å². The molecular formula is C15H16N2O3. The summed E-state index contributed by atoms with van der Waals surface area (Å²) in [6.45, 7) is 1.82. The number of phenols is 1. The molecule has 0 fully saturated rings. The van der Waals surface area contributed by atoms with E-state index in [1.165, 1.54) is 13.2 Å². The van der Waals surface area contributed by atoms with Gasteiger partial charge in [0.05, 0.1) is 12.7 Å². The quantitative estimate of drug-likeness (QED) is 0.750. The lowest BCUT2D eigenvalue weighted by molar-refractivity contribution is 0.102. The zero-order chi connectivity index (χ0) is 14.7. The molecule has 0 aromatic heterocycles. The summed E-state index contributed by atoms with van der Waals surface area (Å²) in [7, 11) is 1.43. The Labute approximate surface area is 117 Å². The fraction of sp³-hybridized carbons (Fsp3) is 0.133. The highest BCUT2D eigenvalue weighted by Gasteiger charge is 2.15. The lowest BCUT2D eigenvalue weighted by Crippen LogP contribution is -2.13. The van der Waals surface area contributed by atoms with Crippen molar-refractivity contribution in [3.8, 4) is 11.5 Å². The van der Waals surface area contributed by atoms with Crippen molar-refractivity contribution in [3.63, 3.8) is 0 Å². The number of nitrogens with two attached hydrogens (primary N) is 1. The lowest BCUT2D eigenvalue weighted by atomic mass is 10.1. The molecule has 104 valence electrons. The summed E-state index contributed by atoms with van der Waals surface area (Å²) < 4.78 is 4.98. The van der Waals surface area contributed by atoms with Crippen LogP contribution in [0.3, 0.4) is 0 Å². The molecule has 0 unspecified atom stereocenters. The number of ether oxygens (including phenoxy) is 1. The number of hydrogen-bond acceptors (Lipinski definition) is 4. The number of phenolic OH excluding ortho intramolecular Hbond substituents is 1.